The van der Waals surface area contributed by atoms with Crippen molar-refractivity contribution in [2.45, 2.75) is 31.3 Å². The van der Waals surface area contributed by atoms with Crippen molar-refractivity contribution >= 4 is 23.7 Å². The van der Waals surface area contributed by atoms with Gasteiger partial charge < -0.3 is 16.8 Å². The maximum Gasteiger partial charge on any atom is 0.237 e. The number of carbonyl (C=O) groups excluding carboxylic acids is 2. The molecule has 5 nitrogen and oxygen atoms in total. The first-order valence-corrected chi connectivity index (χ1v) is 7.02. The first-order chi connectivity index (χ1) is 9.54. The fourth-order valence-corrected chi connectivity index (χ4v) is 2.01. The van der Waals surface area contributed by atoms with Crippen LogP contribution in [0.4, 0.5) is 0 Å². The fourth-order valence-electron chi connectivity index (χ4n) is 1.82. The maximum atomic E-state index is 12.0. The van der Waals surface area contributed by atoms with Crippen molar-refractivity contribution in [3.63, 3.8) is 0 Å². The number of hydrogen-bond donors (Lipinski definition) is 4. The van der Waals surface area contributed by atoms with Gasteiger partial charge in [0.25, 0.3) is 0 Å². The predicted molar refractivity (Wildman–Crippen MR) is 82.3 cm³/mol. The summed E-state index contributed by atoms with van der Waals surface area (Å²) in [6.45, 7) is 0.462. The lowest BCUT2D eigenvalue weighted by Gasteiger charge is -2.18. The topological polar surface area (TPSA) is 98.2 Å². The van der Waals surface area contributed by atoms with Gasteiger partial charge in [0.2, 0.25) is 11.0 Å². The van der Waals surface area contributed by atoms with E-state index >= 15 is 0 Å². The van der Waals surface area contributed by atoms with E-state index in [4.69, 9.17) is 11.5 Å². The Morgan fingerprint density at radius 1 is 1.25 bits per heavy atom. The zero-order valence-corrected chi connectivity index (χ0v) is 12.2. The molecule has 5 N–H and O–H groups in total. The summed E-state index contributed by atoms with van der Waals surface area (Å²) in [5, 5.41) is 2.25. The second-order valence-corrected chi connectivity index (χ2v) is 5.07. The Morgan fingerprint density at radius 2 is 1.90 bits per heavy atom. The highest BCUT2D eigenvalue weighted by Gasteiger charge is 2.21. The van der Waals surface area contributed by atoms with Crippen molar-refractivity contribution in [2.24, 2.45) is 11.5 Å². The van der Waals surface area contributed by atoms with Gasteiger partial charge in [-0.05, 0) is 31.4 Å². The fraction of sp³-hybridized carbons (Fsp3) is 0.429. The van der Waals surface area contributed by atoms with Gasteiger partial charge >= 0.3 is 0 Å². The summed E-state index contributed by atoms with van der Waals surface area (Å²) in [4.78, 5) is 23.3. The van der Waals surface area contributed by atoms with Crippen LogP contribution in [0.15, 0.2) is 30.3 Å². The highest BCUT2D eigenvalue weighted by Crippen LogP contribution is 2.04. The molecule has 1 aromatic rings. The molecule has 1 aromatic carbocycles. The van der Waals surface area contributed by atoms with Crippen molar-refractivity contribution in [1.82, 2.24) is 5.32 Å². The molecule has 0 aliphatic heterocycles. The van der Waals surface area contributed by atoms with E-state index in [1.54, 1.807) is 0 Å². The number of rotatable bonds is 8. The number of thiol groups is 1. The van der Waals surface area contributed by atoms with Crippen LogP contribution in [0, 0.1) is 0 Å². The summed E-state index contributed by atoms with van der Waals surface area (Å²) in [6.07, 6.45) is 1.55. The van der Waals surface area contributed by atoms with E-state index in [9.17, 15) is 9.59 Å². The summed E-state index contributed by atoms with van der Waals surface area (Å²) < 4.78 is 0. The summed E-state index contributed by atoms with van der Waals surface area (Å²) >= 11 is 3.77. The average Bonchev–Trinajstić information content (AvgIpc) is 2.43. The minimum atomic E-state index is -0.689. The third-order valence-corrected chi connectivity index (χ3v) is 3.26. The highest BCUT2D eigenvalue weighted by atomic mass is 32.1. The van der Waals surface area contributed by atoms with Crippen LogP contribution in [-0.2, 0) is 16.0 Å². The Labute approximate surface area is 124 Å². The molecule has 0 radical (unpaired) electrons. The molecule has 0 aliphatic carbocycles. The first kappa shape index (κ1) is 16.7. The Bertz CT molecular complexity index is 439. The van der Waals surface area contributed by atoms with Crippen molar-refractivity contribution in [3.8, 4) is 0 Å². The molecule has 0 unspecified atom stereocenters. The second kappa shape index (κ2) is 8.73. The molecule has 0 heterocycles. The molecule has 110 valence electrons. The minimum absolute atomic E-state index is 0.349. The minimum Gasteiger partial charge on any atom is -0.344 e. The van der Waals surface area contributed by atoms with Crippen LogP contribution < -0.4 is 16.8 Å². The van der Waals surface area contributed by atoms with E-state index in [2.05, 4.69) is 17.9 Å². The van der Waals surface area contributed by atoms with Crippen LogP contribution in [0.3, 0.4) is 0 Å². The lowest BCUT2D eigenvalue weighted by atomic mass is 10.1. The van der Waals surface area contributed by atoms with E-state index in [1.165, 1.54) is 0 Å². The summed E-state index contributed by atoms with van der Waals surface area (Å²) in [5.74, 6) is -0.349. The van der Waals surface area contributed by atoms with E-state index in [0.29, 0.717) is 25.8 Å². The number of amides is 1. The monoisotopic (exact) mass is 295 g/mol. The molecule has 0 saturated heterocycles. The molecule has 2 atom stereocenters. The number of nitrogens with one attached hydrogen (secondary N) is 1. The van der Waals surface area contributed by atoms with Crippen LogP contribution in [0.1, 0.15) is 18.4 Å². The molecule has 20 heavy (non-hydrogen) atoms. The molecule has 0 aromatic heterocycles. The van der Waals surface area contributed by atoms with Gasteiger partial charge in [0.15, 0.2) is 0 Å². The average molecular weight is 295 g/mol. The van der Waals surface area contributed by atoms with Gasteiger partial charge in [-0.3, -0.25) is 9.59 Å². The number of benzene rings is 1. The molecular formula is C14H21N3O2S. The van der Waals surface area contributed by atoms with Crippen LogP contribution in [0.5, 0.6) is 0 Å². The smallest absolute Gasteiger partial charge is 0.237 e. The van der Waals surface area contributed by atoms with E-state index in [1.807, 2.05) is 30.3 Å². The molecule has 1 amide bonds. The molecule has 6 heteroatoms. The molecule has 0 aliphatic rings. The Kier molecular flexibility index (Phi) is 7.28. The van der Waals surface area contributed by atoms with E-state index in [-0.39, 0.29) is 11.0 Å². The summed E-state index contributed by atoms with van der Waals surface area (Å²) in [5.41, 5.74) is 12.2. The van der Waals surface area contributed by atoms with Crippen molar-refractivity contribution in [1.29, 1.82) is 0 Å². The van der Waals surface area contributed by atoms with E-state index in [0.717, 1.165) is 5.56 Å². The summed E-state index contributed by atoms with van der Waals surface area (Å²) in [7, 11) is 0. The molecule has 0 fully saturated rings. The molecule has 1 rings (SSSR count). The van der Waals surface area contributed by atoms with Crippen molar-refractivity contribution in [2.75, 3.05) is 6.54 Å². The third-order valence-electron chi connectivity index (χ3n) is 2.95. The lowest BCUT2D eigenvalue weighted by molar-refractivity contribution is -0.125. The van der Waals surface area contributed by atoms with Gasteiger partial charge in [0, 0.05) is 0 Å². The van der Waals surface area contributed by atoms with Gasteiger partial charge in [-0.15, -0.1) is 12.6 Å². The van der Waals surface area contributed by atoms with Crippen LogP contribution in [-0.4, -0.2) is 29.7 Å². The quantitative estimate of drug-likeness (QED) is 0.516. The highest BCUT2D eigenvalue weighted by molar-refractivity contribution is 7.96. The SMILES string of the molecule is NCCC[C@H](NC(=O)[C@@H](N)Cc1ccccc1)C(=O)S. The largest absolute Gasteiger partial charge is 0.344 e. The zero-order valence-electron chi connectivity index (χ0n) is 11.3. The van der Waals surface area contributed by atoms with Gasteiger partial charge in [-0.25, -0.2) is 0 Å². The van der Waals surface area contributed by atoms with E-state index < -0.39 is 12.1 Å². The number of carbonyl (C=O) groups is 2. The predicted octanol–water partition coefficient (Wildman–Crippen LogP) is 0.237. The molecular weight excluding hydrogens is 274 g/mol. The molecule has 0 bridgehead atoms. The Morgan fingerprint density at radius 3 is 2.45 bits per heavy atom. The number of hydrogen-bond acceptors (Lipinski definition) is 4. The Hall–Kier alpha value is -1.37. The second-order valence-electron chi connectivity index (χ2n) is 4.63. The normalized spacial score (nSPS) is 13.6. The lowest BCUT2D eigenvalue weighted by Crippen LogP contribution is -2.48. The van der Waals surface area contributed by atoms with Gasteiger partial charge in [-0.2, -0.15) is 0 Å². The first-order valence-electron chi connectivity index (χ1n) is 6.57. The van der Waals surface area contributed by atoms with Gasteiger partial charge in [0.1, 0.15) is 0 Å². The van der Waals surface area contributed by atoms with Gasteiger partial charge in [-0.1, -0.05) is 30.3 Å². The van der Waals surface area contributed by atoms with Crippen LogP contribution >= 0.6 is 12.6 Å². The third kappa shape index (κ3) is 5.73. The maximum absolute atomic E-state index is 12.0. The zero-order chi connectivity index (χ0) is 15.0. The van der Waals surface area contributed by atoms with Crippen molar-refractivity contribution in [3.05, 3.63) is 35.9 Å². The number of nitrogens with two attached hydrogens (primary N) is 2. The van der Waals surface area contributed by atoms with Crippen LogP contribution in [0.2, 0.25) is 0 Å². The van der Waals surface area contributed by atoms with Gasteiger partial charge in [0.05, 0.1) is 12.1 Å². The van der Waals surface area contributed by atoms with Crippen molar-refractivity contribution < 1.29 is 9.59 Å². The summed E-state index contributed by atoms with van der Waals surface area (Å²) in [6, 6.07) is 8.17. The molecule has 0 saturated carbocycles. The Balaban J connectivity index is 2.53. The standard InChI is InChI=1S/C14H21N3O2S/c15-8-4-7-12(14(19)20)17-13(18)11(16)9-10-5-2-1-3-6-10/h1-3,5-6,11-12H,4,7-9,15-16H2,(H,17,18)(H,19,20)/t11-,12-/m0/s1. The van der Waals surface area contributed by atoms with Crippen LogP contribution in [0.25, 0.3) is 0 Å². The molecule has 0 spiro atoms.